The zero-order chi connectivity index (χ0) is 30.2. The van der Waals surface area contributed by atoms with E-state index in [0.29, 0.717) is 34.8 Å². The van der Waals surface area contributed by atoms with Gasteiger partial charge in [-0.15, -0.1) is 0 Å². The number of non-ortho nitro benzene ring substituents is 1. The van der Waals surface area contributed by atoms with E-state index in [1.165, 1.54) is 30.4 Å². The maximum absolute atomic E-state index is 13.4. The predicted molar refractivity (Wildman–Crippen MR) is 161 cm³/mol. The van der Waals surface area contributed by atoms with Crippen LogP contribution in [0.25, 0.3) is 17.4 Å². The molecule has 1 atom stereocenters. The molecule has 10 heteroatoms. The molecule has 2 amide bonds. The zero-order valence-corrected chi connectivity index (χ0v) is 23.1. The highest BCUT2D eigenvalue weighted by Gasteiger charge is 2.20. The molecule has 214 valence electrons. The molecular formula is C32H30N4O6. The number of nitrogens with one attached hydrogen (secondary N) is 2. The van der Waals surface area contributed by atoms with Gasteiger partial charge in [0, 0.05) is 40.6 Å². The molecule has 1 heterocycles. The molecular weight excluding hydrogens is 536 g/mol. The molecule has 0 aliphatic heterocycles. The molecule has 0 saturated heterocycles. The van der Waals surface area contributed by atoms with Gasteiger partial charge in [0.1, 0.15) is 11.5 Å². The van der Waals surface area contributed by atoms with Crippen LogP contribution in [0, 0.1) is 16.0 Å². The molecule has 42 heavy (non-hydrogen) atoms. The fourth-order valence-corrected chi connectivity index (χ4v) is 4.19. The molecule has 0 bridgehead atoms. The number of nitrogens with two attached hydrogens (primary N) is 1. The summed E-state index contributed by atoms with van der Waals surface area (Å²) < 4.78 is 5.73. The summed E-state index contributed by atoms with van der Waals surface area (Å²) in [5.74, 6) is -0.107. The summed E-state index contributed by atoms with van der Waals surface area (Å²) in [6.45, 7) is 3.93. The van der Waals surface area contributed by atoms with Crippen molar-refractivity contribution in [3.8, 4) is 11.3 Å². The second-order valence-electron chi connectivity index (χ2n) is 10.0. The first-order chi connectivity index (χ1) is 20.1. The van der Waals surface area contributed by atoms with Crippen molar-refractivity contribution in [2.24, 2.45) is 11.7 Å². The van der Waals surface area contributed by atoms with E-state index in [1.807, 2.05) is 13.8 Å². The zero-order valence-electron chi connectivity index (χ0n) is 23.1. The van der Waals surface area contributed by atoms with Gasteiger partial charge >= 0.3 is 0 Å². The second-order valence-corrected chi connectivity index (χ2v) is 10.0. The van der Waals surface area contributed by atoms with Gasteiger partial charge in [0.25, 0.3) is 5.69 Å². The molecule has 0 aliphatic rings. The number of carbonyl (C=O) groups is 3. The second kappa shape index (κ2) is 13.3. The van der Waals surface area contributed by atoms with Crippen molar-refractivity contribution < 1.29 is 23.7 Å². The van der Waals surface area contributed by atoms with Gasteiger partial charge in [0.15, 0.2) is 5.78 Å². The average molecular weight is 567 g/mol. The SMILES string of the molecule is CC(C)C[C@H](N)C(=O)Nc1ccc(NC(=O)/C=C/c2ccc(-c3ccc([N+](=O)[O-])cc3)o2)cc1C(=O)c1ccccc1. The van der Waals surface area contributed by atoms with Crippen molar-refractivity contribution in [2.75, 3.05) is 10.6 Å². The molecule has 0 radical (unpaired) electrons. The van der Waals surface area contributed by atoms with E-state index in [0.717, 1.165) is 0 Å². The Morgan fingerprint density at radius 2 is 1.67 bits per heavy atom. The fraction of sp³-hybridized carbons (Fsp3) is 0.156. The van der Waals surface area contributed by atoms with Crippen LogP contribution in [0.15, 0.2) is 95.4 Å². The summed E-state index contributed by atoms with van der Waals surface area (Å²) in [5, 5.41) is 16.3. The number of nitro benzene ring substituents is 1. The van der Waals surface area contributed by atoms with Crippen LogP contribution in [-0.4, -0.2) is 28.6 Å². The predicted octanol–water partition coefficient (Wildman–Crippen LogP) is 6.05. The van der Waals surface area contributed by atoms with Crippen LogP contribution in [0.1, 0.15) is 41.9 Å². The molecule has 4 rings (SSSR count). The molecule has 0 unspecified atom stereocenters. The number of hydrogen-bond donors (Lipinski definition) is 3. The molecule has 4 N–H and O–H groups in total. The lowest BCUT2D eigenvalue weighted by atomic mass is 10.00. The molecule has 0 saturated carbocycles. The summed E-state index contributed by atoms with van der Waals surface area (Å²) in [5.41, 5.74) is 7.92. The Kier molecular flexibility index (Phi) is 9.41. The number of amides is 2. The van der Waals surface area contributed by atoms with Gasteiger partial charge in [0.05, 0.1) is 16.7 Å². The number of hydrogen-bond acceptors (Lipinski definition) is 7. The third-order valence-corrected chi connectivity index (χ3v) is 6.28. The monoisotopic (exact) mass is 566 g/mol. The van der Waals surface area contributed by atoms with Gasteiger partial charge in [-0.3, -0.25) is 24.5 Å². The van der Waals surface area contributed by atoms with Gasteiger partial charge in [-0.25, -0.2) is 0 Å². The van der Waals surface area contributed by atoms with E-state index in [4.69, 9.17) is 10.2 Å². The maximum Gasteiger partial charge on any atom is 0.269 e. The van der Waals surface area contributed by atoms with E-state index in [-0.39, 0.29) is 28.6 Å². The van der Waals surface area contributed by atoms with Crippen molar-refractivity contribution in [1.82, 2.24) is 0 Å². The Balaban J connectivity index is 1.50. The minimum atomic E-state index is -0.739. The number of rotatable bonds is 11. The van der Waals surface area contributed by atoms with Crippen LogP contribution < -0.4 is 16.4 Å². The Morgan fingerprint density at radius 1 is 0.952 bits per heavy atom. The number of anilines is 2. The summed E-state index contributed by atoms with van der Waals surface area (Å²) in [7, 11) is 0. The number of ketones is 1. The van der Waals surface area contributed by atoms with Gasteiger partial charge in [-0.05, 0) is 60.9 Å². The van der Waals surface area contributed by atoms with Gasteiger partial charge in [-0.2, -0.15) is 0 Å². The van der Waals surface area contributed by atoms with Crippen LogP contribution >= 0.6 is 0 Å². The first kappa shape index (κ1) is 29.6. The molecule has 0 spiro atoms. The molecule has 0 fully saturated rings. The number of furan rings is 1. The molecule has 1 aromatic heterocycles. The average Bonchev–Trinajstić information content (AvgIpc) is 3.46. The van der Waals surface area contributed by atoms with Crippen molar-refractivity contribution in [3.63, 3.8) is 0 Å². The third kappa shape index (κ3) is 7.64. The summed E-state index contributed by atoms with van der Waals surface area (Å²) in [6, 6.07) is 21.8. The Hall–Kier alpha value is -5.35. The van der Waals surface area contributed by atoms with E-state index in [9.17, 15) is 24.5 Å². The Morgan fingerprint density at radius 3 is 2.33 bits per heavy atom. The van der Waals surface area contributed by atoms with Gasteiger partial charge in [0.2, 0.25) is 11.8 Å². The normalized spacial score (nSPS) is 11.8. The minimum Gasteiger partial charge on any atom is -0.457 e. The molecule has 3 aromatic carbocycles. The minimum absolute atomic E-state index is 0.0270. The van der Waals surface area contributed by atoms with Crippen LogP contribution in [-0.2, 0) is 9.59 Å². The first-order valence-corrected chi connectivity index (χ1v) is 13.2. The van der Waals surface area contributed by atoms with Crippen LogP contribution in [0.5, 0.6) is 0 Å². The van der Waals surface area contributed by atoms with Crippen LogP contribution in [0.4, 0.5) is 17.1 Å². The molecule has 10 nitrogen and oxygen atoms in total. The van der Waals surface area contributed by atoms with E-state index in [2.05, 4.69) is 10.6 Å². The standard InChI is InChI=1S/C32H30N4O6/c1-20(2)18-27(33)32(39)35-28-15-10-23(19-26(28)31(38)22-6-4-3-5-7-22)34-30(37)17-14-25-13-16-29(42-25)21-8-11-24(12-9-21)36(40)41/h3-17,19-20,27H,18,33H2,1-2H3,(H,34,37)(H,35,39)/b17-14+/t27-/m0/s1. The maximum atomic E-state index is 13.4. The first-order valence-electron chi connectivity index (χ1n) is 13.2. The van der Waals surface area contributed by atoms with Gasteiger partial charge < -0.3 is 20.8 Å². The highest BCUT2D eigenvalue weighted by Crippen LogP contribution is 2.26. The molecule has 0 aliphatic carbocycles. The summed E-state index contributed by atoms with van der Waals surface area (Å²) >= 11 is 0. The third-order valence-electron chi connectivity index (χ3n) is 6.28. The highest BCUT2D eigenvalue weighted by molar-refractivity contribution is 6.15. The van der Waals surface area contributed by atoms with Crippen molar-refractivity contribution in [2.45, 2.75) is 26.3 Å². The van der Waals surface area contributed by atoms with Crippen LogP contribution in [0.2, 0.25) is 0 Å². The topological polar surface area (TPSA) is 158 Å². The smallest absolute Gasteiger partial charge is 0.269 e. The van der Waals surface area contributed by atoms with Crippen molar-refractivity contribution in [3.05, 3.63) is 118 Å². The summed E-state index contributed by atoms with van der Waals surface area (Å²) in [4.78, 5) is 49.2. The Bertz CT molecular complexity index is 1620. The van der Waals surface area contributed by atoms with Crippen molar-refractivity contribution in [1.29, 1.82) is 0 Å². The lowest BCUT2D eigenvalue weighted by molar-refractivity contribution is -0.384. The number of nitro groups is 1. The largest absolute Gasteiger partial charge is 0.457 e. The highest BCUT2D eigenvalue weighted by atomic mass is 16.6. The Labute approximate surface area is 242 Å². The summed E-state index contributed by atoms with van der Waals surface area (Å²) in [6.07, 6.45) is 3.24. The number of benzene rings is 3. The number of carbonyl (C=O) groups excluding carboxylic acids is 3. The van der Waals surface area contributed by atoms with Crippen molar-refractivity contribution >= 4 is 40.7 Å². The quantitative estimate of drug-likeness (QED) is 0.0863. The van der Waals surface area contributed by atoms with E-state index >= 15 is 0 Å². The van der Waals surface area contributed by atoms with E-state index in [1.54, 1.807) is 66.7 Å². The van der Waals surface area contributed by atoms with Gasteiger partial charge in [-0.1, -0.05) is 44.2 Å². The lowest BCUT2D eigenvalue weighted by Gasteiger charge is -2.17. The lowest BCUT2D eigenvalue weighted by Crippen LogP contribution is -2.37. The molecule has 4 aromatic rings. The van der Waals surface area contributed by atoms with E-state index < -0.39 is 22.8 Å². The fourth-order valence-electron chi connectivity index (χ4n) is 4.19. The number of nitrogens with zero attached hydrogens (tertiary/aromatic N) is 1. The van der Waals surface area contributed by atoms with Crippen LogP contribution in [0.3, 0.4) is 0 Å².